The summed E-state index contributed by atoms with van der Waals surface area (Å²) in [6.07, 6.45) is 1.42. The Balaban J connectivity index is 1.76. The van der Waals surface area contributed by atoms with E-state index < -0.39 is 0 Å². The molecule has 0 fully saturated rings. The smallest absolute Gasteiger partial charge is 0.333 e. The molecule has 0 unspecified atom stereocenters. The number of esters is 1. The standard InChI is InChI=1S/C19H19N3O3/c1-12(2)19(24)25-10-4-5-13-8-9-17(23)15(11-13)14-6-3-7-16-18(14)21-22-20-16/h3,6-9,11,23H,1,4-5,10H2,2H3,(H,20,21,22). The summed E-state index contributed by atoms with van der Waals surface area (Å²) < 4.78 is 5.10. The molecule has 6 nitrogen and oxygen atoms in total. The molecule has 0 saturated carbocycles. The van der Waals surface area contributed by atoms with Gasteiger partial charge in [-0.3, -0.25) is 0 Å². The lowest BCUT2D eigenvalue weighted by Crippen LogP contribution is -2.06. The van der Waals surface area contributed by atoms with E-state index in [4.69, 9.17) is 4.74 Å². The zero-order chi connectivity index (χ0) is 17.8. The van der Waals surface area contributed by atoms with Gasteiger partial charge in [0.05, 0.1) is 6.61 Å². The molecule has 25 heavy (non-hydrogen) atoms. The van der Waals surface area contributed by atoms with E-state index in [1.165, 1.54) is 0 Å². The van der Waals surface area contributed by atoms with Gasteiger partial charge in [-0.15, -0.1) is 0 Å². The van der Waals surface area contributed by atoms with Gasteiger partial charge in [-0.25, -0.2) is 4.79 Å². The molecule has 6 heteroatoms. The number of H-pyrrole nitrogens is 1. The molecule has 1 aromatic heterocycles. The minimum Gasteiger partial charge on any atom is -0.507 e. The van der Waals surface area contributed by atoms with Gasteiger partial charge >= 0.3 is 5.97 Å². The highest BCUT2D eigenvalue weighted by Crippen LogP contribution is 2.33. The number of fused-ring (bicyclic) bond motifs is 1. The highest BCUT2D eigenvalue weighted by Gasteiger charge is 2.12. The number of nitrogens with one attached hydrogen (secondary N) is 1. The van der Waals surface area contributed by atoms with Crippen molar-refractivity contribution in [2.24, 2.45) is 0 Å². The van der Waals surface area contributed by atoms with E-state index in [2.05, 4.69) is 22.0 Å². The van der Waals surface area contributed by atoms with Gasteiger partial charge in [0.15, 0.2) is 0 Å². The summed E-state index contributed by atoms with van der Waals surface area (Å²) in [7, 11) is 0. The van der Waals surface area contributed by atoms with Crippen molar-refractivity contribution in [3.05, 3.63) is 54.1 Å². The summed E-state index contributed by atoms with van der Waals surface area (Å²) in [6.45, 7) is 5.51. The van der Waals surface area contributed by atoms with E-state index >= 15 is 0 Å². The van der Waals surface area contributed by atoms with E-state index in [1.54, 1.807) is 13.0 Å². The zero-order valence-electron chi connectivity index (χ0n) is 14.0. The van der Waals surface area contributed by atoms with Crippen molar-refractivity contribution in [1.82, 2.24) is 15.4 Å². The third-order valence-corrected chi connectivity index (χ3v) is 3.89. The van der Waals surface area contributed by atoms with Crippen LogP contribution < -0.4 is 0 Å². The third kappa shape index (κ3) is 3.68. The van der Waals surface area contributed by atoms with Gasteiger partial charge in [-0.1, -0.05) is 24.8 Å². The van der Waals surface area contributed by atoms with Gasteiger partial charge < -0.3 is 9.84 Å². The zero-order valence-corrected chi connectivity index (χ0v) is 14.0. The number of nitrogens with zero attached hydrogens (tertiary/aromatic N) is 2. The van der Waals surface area contributed by atoms with E-state index in [1.807, 2.05) is 30.3 Å². The number of carbonyl (C=O) groups is 1. The van der Waals surface area contributed by atoms with Crippen LogP contribution in [0.15, 0.2) is 48.6 Å². The predicted molar refractivity (Wildman–Crippen MR) is 95.1 cm³/mol. The topological polar surface area (TPSA) is 88.1 Å². The molecular weight excluding hydrogens is 318 g/mol. The average molecular weight is 337 g/mol. The summed E-state index contributed by atoms with van der Waals surface area (Å²) >= 11 is 0. The molecule has 0 atom stereocenters. The highest BCUT2D eigenvalue weighted by atomic mass is 16.5. The van der Waals surface area contributed by atoms with Crippen LogP contribution in [0.1, 0.15) is 18.9 Å². The molecule has 0 radical (unpaired) electrons. The Bertz CT molecular complexity index is 931. The van der Waals surface area contributed by atoms with Crippen LogP contribution in [0.4, 0.5) is 0 Å². The van der Waals surface area contributed by atoms with Gasteiger partial charge in [0.25, 0.3) is 0 Å². The quantitative estimate of drug-likeness (QED) is 0.409. The van der Waals surface area contributed by atoms with Crippen LogP contribution in [-0.4, -0.2) is 33.1 Å². The molecule has 0 aliphatic heterocycles. The van der Waals surface area contributed by atoms with Crippen molar-refractivity contribution >= 4 is 17.0 Å². The fourth-order valence-corrected chi connectivity index (χ4v) is 2.60. The molecule has 3 rings (SSSR count). The Morgan fingerprint density at radius 2 is 2.08 bits per heavy atom. The van der Waals surface area contributed by atoms with Crippen LogP contribution in [-0.2, 0) is 16.0 Å². The number of ether oxygens (including phenoxy) is 1. The molecule has 0 saturated heterocycles. The number of phenolic OH excluding ortho intramolecular Hbond substituents is 1. The summed E-state index contributed by atoms with van der Waals surface area (Å²) in [4.78, 5) is 11.4. The Hall–Kier alpha value is -3.15. The number of aromatic nitrogens is 3. The minimum atomic E-state index is -0.371. The first-order valence-electron chi connectivity index (χ1n) is 8.00. The number of aryl methyl sites for hydroxylation is 1. The van der Waals surface area contributed by atoms with Crippen LogP contribution in [0.3, 0.4) is 0 Å². The number of aromatic hydroxyl groups is 1. The van der Waals surface area contributed by atoms with Crippen LogP contribution >= 0.6 is 0 Å². The van der Waals surface area contributed by atoms with Crippen molar-refractivity contribution in [1.29, 1.82) is 0 Å². The van der Waals surface area contributed by atoms with Crippen LogP contribution in [0.2, 0.25) is 0 Å². The minimum absolute atomic E-state index is 0.188. The van der Waals surface area contributed by atoms with Crippen molar-refractivity contribution in [2.75, 3.05) is 6.61 Å². The molecular formula is C19H19N3O3. The highest BCUT2D eigenvalue weighted by molar-refractivity contribution is 5.93. The van der Waals surface area contributed by atoms with Gasteiger partial charge in [0, 0.05) is 16.7 Å². The van der Waals surface area contributed by atoms with Crippen LogP contribution in [0, 0.1) is 0 Å². The normalized spacial score (nSPS) is 10.8. The van der Waals surface area contributed by atoms with Crippen molar-refractivity contribution in [3.8, 4) is 16.9 Å². The summed E-state index contributed by atoms with van der Waals surface area (Å²) in [5, 5.41) is 21.1. The molecule has 0 aliphatic rings. The second-order valence-corrected chi connectivity index (χ2v) is 5.87. The Morgan fingerprint density at radius 1 is 1.24 bits per heavy atom. The van der Waals surface area contributed by atoms with Gasteiger partial charge in [0.2, 0.25) is 0 Å². The Labute approximate surface area is 145 Å². The summed E-state index contributed by atoms with van der Waals surface area (Å²) in [5.41, 5.74) is 4.42. The number of carbonyl (C=O) groups excluding carboxylic acids is 1. The van der Waals surface area contributed by atoms with Crippen molar-refractivity contribution in [3.63, 3.8) is 0 Å². The molecule has 2 aromatic carbocycles. The molecule has 0 amide bonds. The Kier molecular flexibility index (Phi) is 4.79. The largest absolute Gasteiger partial charge is 0.507 e. The van der Waals surface area contributed by atoms with E-state index in [-0.39, 0.29) is 11.7 Å². The Morgan fingerprint density at radius 3 is 2.88 bits per heavy atom. The first-order chi connectivity index (χ1) is 12.1. The van der Waals surface area contributed by atoms with Crippen molar-refractivity contribution in [2.45, 2.75) is 19.8 Å². The lowest BCUT2D eigenvalue weighted by Gasteiger charge is -2.09. The number of rotatable bonds is 6. The van der Waals surface area contributed by atoms with Gasteiger partial charge in [-0.2, -0.15) is 15.4 Å². The lowest BCUT2D eigenvalue weighted by molar-refractivity contribution is -0.139. The third-order valence-electron chi connectivity index (χ3n) is 3.89. The molecule has 128 valence electrons. The maximum Gasteiger partial charge on any atom is 0.333 e. The number of phenols is 1. The maximum atomic E-state index is 11.4. The maximum absolute atomic E-state index is 11.4. The SMILES string of the molecule is C=C(C)C(=O)OCCCc1ccc(O)c(-c2cccc3n[nH]nc23)c1. The fraction of sp³-hybridized carbons (Fsp3) is 0.211. The molecule has 1 heterocycles. The summed E-state index contributed by atoms with van der Waals surface area (Å²) in [5.74, 6) is -0.183. The predicted octanol–water partition coefficient (Wildman–Crippen LogP) is 3.38. The van der Waals surface area contributed by atoms with Crippen LogP contribution in [0.5, 0.6) is 5.75 Å². The lowest BCUT2D eigenvalue weighted by atomic mass is 9.99. The molecule has 0 bridgehead atoms. The number of aromatic amines is 1. The second kappa shape index (κ2) is 7.17. The molecule has 0 aliphatic carbocycles. The second-order valence-electron chi connectivity index (χ2n) is 5.87. The number of benzene rings is 2. The number of hydrogen-bond acceptors (Lipinski definition) is 5. The fourth-order valence-electron chi connectivity index (χ4n) is 2.60. The number of para-hydroxylation sites is 1. The molecule has 3 aromatic rings. The van der Waals surface area contributed by atoms with Crippen molar-refractivity contribution < 1.29 is 14.6 Å². The van der Waals surface area contributed by atoms with E-state index in [0.717, 1.165) is 23.1 Å². The molecule has 0 spiro atoms. The monoisotopic (exact) mass is 337 g/mol. The van der Waals surface area contributed by atoms with Gasteiger partial charge in [-0.05, 0) is 43.5 Å². The number of hydrogen-bond donors (Lipinski definition) is 2. The van der Waals surface area contributed by atoms with Crippen LogP contribution in [0.25, 0.3) is 22.2 Å². The van der Waals surface area contributed by atoms with E-state index in [9.17, 15) is 9.90 Å². The average Bonchev–Trinajstić information content (AvgIpc) is 3.08. The summed E-state index contributed by atoms with van der Waals surface area (Å²) in [6, 6.07) is 11.1. The van der Waals surface area contributed by atoms with E-state index in [0.29, 0.717) is 29.7 Å². The molecule has 2 N–H and O–H groups in total. The first kappa shape index (κ1) is 16.7. The van der Waals surface area contributed by atoms with Gasteiger partial charge in [0.1, 0.15) is 16.8 Å². The first-order valence-corrected chi connectivity index (χ1v) is 8.00.